The number of aryl methyl sites for hydroxylation is 2. The predicted octanol–water partition coefficient (Wildman–Crippen LogP) is 3.09. The quantitative estimate of drug-likeness (QED) is 0.486. The van der Waals surface area contributed by atoms with Crippen LogP contribution in [0.15, 0.2) is 41.2 Å². The normalized spacial score (nSPS) is 11.7. The number of aromatic nitrogens is 4. The molecule has 4 rings (SSSR count). The predicted molar refractivity (Wildman–Crippen MR) is 109 cm³/mol. The third-order valence-corrected chi connectivity index (χ3v) is 5.30. The first-order valence-electron chi connectivity index (χ1n) is 9.62. The van der Waals surface area contributed by atoms with Gasteiger partial charge in [0.05, 0.1) is 35.3 Å². The number of nitrogens with zero attached hydrogens (tertiary/aromatic N) is 4. The van der Waals surface area contributed by atoms with Gasteiger partial charge in [-0.3, -0.25) is 13.5 Å². The number of rotatable bonds is 7. The molecule has 0 spiro atoms. The van der Waals surface area contributed by atoms with Gasteiger partial charge in [-0.25, -0.2) is 14.2 Å². The molecule has 4 aromatic rings. The summed E-state index contributed by atoms with van der Waals surface area (Å²) >= 11 is 0. The van der Waals surface area contributed by atoms with E-state index in [1.165, 1.54) is 21.3 Å². The molecule has 0 bridgehead atoms. The minimum Gasteiger partial charge on any atom is -0.326 e. The van der Waals surface area contributed by atoms with Crippen molar-refractivity contribution >= 4 is 22.1 Å². The molecule has 2 aromatic heterocycles. The van der Waals surface area contributed by atoms with Gasteiger partial charge in [0, 0.05) is 20.1 Å². The Hall–Kier alpha value is -3.00. The second-order valence-electron chi connectivity index (χ2n) is 7.16. The highest BCUT2D eigenvalue weighted by Gasteiger charge is 2.17. The molecular formula is C21H23F2N5O. The van der Waals surface area contributed by atoms with Crippen molar-refractivity contribution in [3.05, 3.63) is 64.1 Å². The van der Waals surface area contributed by atoms with E-state index < -0.39 is 5.82 Å². The van der Waals surface area contributed by atoms with Gasteiger partial charge in [0.15, 0.2) is 0 Å². The van der Waals surface area contributed by atoms with E-state index in [-0.39, 0.29) is 18.9 Å². The van der Waals surface area contributed by atoms with Crippen LogP contribution in [0.25, 0.3) is 22.1 Å². The zero-order valence-corrected chi connectivity index (χ0v) is 16.2. The van der Waals surface area contributed by atoms with Crippen molar-refractivity contribution in [3.8, 4) is 0 Å². The maximum Gasteiger partial charge on any atom is 0.329 e. The van der Waals surface area contributed by atoms with Gasteiger partial charge >= 0.3 is 5.69 Å². The molecule has 29 heavy (non-hydrogen) atoms. The zero-order valence-electron chi connectivity index (χ0n) is 16.2. The van der Waals surface area contributed by atoms with Crippen molar-refractivity contribution in [1.82, 2.24) is 18.7 Å². The molecule has 152 valence electrons. The Morgan fingerprint density at radius 2 is 1.83 bits per heavy atom. The van der Waals surface area contributed by atoms with Crippen LogP contribution >= 0.6 is 0 Å². The Bertz CT molecular complexity index is 1240. The lowest BCUT2D eigenvalue weighted by atomic mass is 10.2. The molecule has 0 aliphatic heterocycles. The van der Waals surface area contributed by atoms with Crippen LogP contribution in [-0.4, -0.2) is 25.4 Å². The topological polar surface area (TPSA) is 70.8 Å². The van der Waals surface area contributed by atoms with E-state index >= 15 is 0 Å². The monoisotopic (exact) mass is 399 g/mol. The Labute approximate surface area is 166 Å². The number of nitrogens with two attached hydrogens (primary N) is 1. The molecule has 0 aliphatic carbocycles. The van der Waals surface area contributed by atoms with Crippen LogP contribution in [0.1, 0.15) is 24.2 Å². The molecule has 0 unspecified atom stereocenters. The molecule has 0 saturated carbocycles. The lowest BCUT2D eigenvalue weighted by molar-refractivity contribution is 0.446. The highest BCUT2D eigenvalue weighted by molar-refractivity contribution is 5.78. The lowest BCUT2D eigenvalue weighted by Crippen LogP contribution is -2.24. The summed E-state index contributed by atoms with van der Waals surface area (Å²) in [5.41, 5.74) is 9.33. The number of halogens is 2. The van der Waals surface area contributed by atoms with Crippen LogP contribution in [0.3, 0.4) is 0 Å². The van der Waals surface area contributed by atoms with Gasteiger partial charge in [0.25, 0.3) is 0 Å². The van der Waals surface area contributed by atoms with E-state index in [4.69, 9.17) is 10.7 Å². The molecule has 0 radical (unpaired) electrons. The van der Waals surface area contributed by atoms with Gasteiger partial charge < -0.3 is 10.3 Å². The fourth-order valence-electron chi connectivity index (χ4n) is 3.76. The first-order chi connectivity index (χ1) is 14.0. The van der Waals surface area contributed by atoms with Crippen molar-refractivity contribution in [3.63, 3.8) is 0 Å². The molecule has 2 heterocycles. The third-order valence-electron chi connectivity index (χ3n) is 5.30. The number of alkyl halides is 1. The van der Waals surface area contributed by atoms with Gasteiger partial charge in [-0.05, 0) is 48.7 Å². The highest BCUT2D eigenvalue weighted by Crippen LogP contribution is 2.21. The Morgan fingerprint density at radius 1 is 1.03 bits per heavy atom. The minimum atomic E-state index is -0.402. The van der Waals surface area contributed by atoms with Gasteiger partial charge in [-0.15, -0.1) is 0 Å². The summed E-state index contributed by atoms with van der Waals surface area (Å²) in [6, 6.07) is 10.1. The molecule has 6 nitrogen and oxygen atoms in total. The molecule has 8 heteroatoms. The first-order valence-corrected chi connectivity index (χ1v) is 9.62. The highest BCUT2D eigenvalue weighted by atomic mass is 19.1. The van der Waals surface area contributed by atoms with Gasteiger partial charge in [-0.2, -0.15) is 0 Å². The van der Waals surface area contributed by atoms with E-state index in [0.29, 0.717) is 42.8 Å². The maximum atomic E-state index is 13.8. The van der Waals surface area contributed by atoms with Crippen molar-refractivity contribution in [1.29, 1.82) is 0 Å². The second kappa shape index (κ2) is 7.79. The molecule has 2 aromatic carbocycles. The van der Waals surface area contributed by atoms with Crippen LogP contribution in [0, 0.1) is 5.82 Å². The lowest BCUT2D eigenvalue weighted by Gasteiger charge is -2.10. The van der Waals surface area contributed by atoms with E-state index in [9.17, 15) is 13.6 Å². The van der Waals surface area contributed by atoms with E-state index in [0.717, 1.165) is 16.6 Å². The van der Waals surface area contributed by atoms with Crippen LogP contribution in [0.4, 0.5) is 8.78 Å². The van der Waals surface area contributed by atoms with Crippen molar-refractivity contribution in [2.24, 2.45) is 12.8 Å². The number of hydrogen-bond donors (Lipinski definition) is 1. The summed E-state index contributed by atoms with van der Waals surface area (Å²) in [5.74, 6) is 0.271. The number of fused-ring (bicyclic) bond motifs is 2. The molecule has 0 aliphatic rings. The minimum absolute atomic E-state index is 0.196. The number of imidazole rings is 2. The Balaban J connectivity index is 1.84. The smallest absolute Gasteiger partial charge is 0.326 e. The standard InChI is InChI=1S/C21H23F2N5O/c1-26-18-7-5-15(23)11-19(18)28(21(26)29)13-20-25-16-10-14(12-24)4-6-17(16)27(20)9-3-2-8-22/h4-7,10-11H,2-3,8-9,12-13,24H2,1H3. The SMILES string of the molecule is Cn1c(=O)n(Cc2nc3cc(CN)ccc3n2CCCCF)c2cc(F)ccc21. The molecule has 0 atom stereocenters. The van der Waals surface area contributed by atoms with Gasteiger partial charge in [-0.1, -0.05) is 6.07 Å². The largest absolute Gasteiger partial charge is 0.329 e. The Morgan fingerprint density at radius 3 is 2.59 bits per heavy atom. The molecule has 2 N–H and O–H groups in total. The van der Waals surface area contributed by atoms with Gasteiger partial charge in [0.1, 0.15) is 11.6 Å². The summed E-state index contributed by atoms with van der Waals surface area (Å²) in [6.45, 7) is 0.816. The summed E-state index contributed by atoms with van der Waals surface area (Å²) in [5, 5.41) is 0. The average Bonchev–Trinajstić information content (AvgIpc) is 3.17. The van der Waals surface area contributed by atoms with Crippen molar-refractivity contribution in [2.75, 3.05) is 6.67 Å². The van der Waals surface area contributed by atoms with Crippen molar-refractivity contribution < 1.29 is 8.78 Å². The van der Waals surface area contributed by atoms with E-state index in [2.05, 4.69) is 0 Å². The molecule has 0 fully saturated rings. The second-order valence-corrected chi connectivity index (χ2v) is 7.16. The Kier molecular flexibility index (Phi) is 5.19. The van der Waals surface area contributed by atoms with Crippen LogP contribution in [-0.2, 0) is 26.7 Å². The molecular weight excluding hydrogens is 376 g/mol. The first kappa shape index (κ1) is 19.3. The number of benzene rings is 2. The summed E-state index contributed by atoms with van der Waals surface area (Å²) < 4.78 is 31.5. The van der Waals surface area contributed by atoms with E-state index in [1.54, 1.807) is 13.1 Å². The number of hydrogen-bond acceptors (Lipinski definition) is 3. The number of unbranched alkanes of at least 4 members (excludes halogenated alkanes) is 1. The molecule has 0 saturated heterocycles. The van der Waals surface area contributed by atoms with Crippen LogP contribution < -0.4 is 11.4 Å². The fourth-order valence-corrected chi connectivity index (χ4v) is 3.76. The van der Waals surface area contributed by atoms with Crippen molar-refractivity contribution in [2.45, 2.75) is 32.5 Å². The van der Waals surface area contributed by atoms with Crippen LogP contribution in [0.2, 0.25) is 0 Å². The average molecular weight is 399 g/mol. The fraction of sp³-hybridized carbons (Fsp3) is 0.333. The summed E-state index contributed by atoms with van der Waals surface area (Å²) in [4.78, 5) is 17.5. The summed E-state index contributed by atoms with van der Waals surface area (Å²) in [6.07, 6.45) is 1.12. The maximum absolute atomic E-state index is 13.8. The third kappa shape index (κ3) is 3.44. The zero-order chi connectivity index (χ0) is 20.5. The molecule has 0 amide bonds. The van der Waals surface area contributed by atoms with Crippen LogP contribution in [0.5, 0.6) is 0 Å². The van der Waals surface area contributed by atoms with E-state index in [1.807, 2.05) is 22.8 Å². The van der Waals surface area contributed by atoms with Gasteiger partial charge in [0.2, 0.25) is 0 Å². The summed E-state index contributed by atoms with van der Waals surface area (Å²) in [7, 11) is 1.66.